The number of hydrogen-bond donors (Lipinski definition) is 1. The van der Waals surface area contributed by atoms with Crippen LogP contribution in [0.1, 0.15) is 45.1 Å². The van der Waals surface area contributed by atoms with E-state index >= 15 is 0 Å². The van der Waals surface area contributed by atoms with E-state index in [0.717, 1.165) is 36.0 Å². The molecule has 5 heteroatoms. The molecule has 0 radical (unpaired) electrons. The van der Waals surface area contributed by atoms with Gasteiger partial charge in [0.15, 0.2) is 0 Å². The largest absolute Gasteiger partial charge is 0.472 e. The van der Waals surface area contributed by atoms with Crippen LogP contribution in [0, 0.1) is 5.92 Å². The summed E-state index contributed by atoms with van der Waals surface area (Å²) in [6.45, 7) is 4.02. The van der Waals surface area contributed by atoms with E-state index in [1.165, 1.54) is 0 Å². The van der Waals surface area contributed by atoms with E-state index in [1.54, 1.807) is 12.5 Å². The lowest BCUT2D eigenvalue weighted by atomic mass is 9.99. The molecule has 0 amide bonds. The van der Waals surface area contributed by atoms with Gasteiger partial charge in [-0.2, -0.15) is 0 Å². The van der Waals surface area contributed by atoms with Gasteiger partial charge in [0.25, 0.3) is 0 Å². The minimum atomic E-state index is -0.499. The Labute approximate surface area is 154 Å². The van der Waals surface area contributed by atoms with Gasteiger partial charge in [-0.15, -0.1) is 0 Å². The van der Waals surface area contributed by atoms with E-state index in [-0.39, 0.29) is 24.3 Å². The van der Waals surface area contributed by atoms with Crippen molar-refractivity contribution in [2.45, 2.75) is 58.0 Å². The summed E-state index contributed by atoms with van der Waals surface area (Å²) in [6, 6.07) is 1.90. The van der Waals surface area contributed by atoms with E-state index in [2.05, 4.69) is 12.2 Å². The second-order valence-electron chi connectivity index (χ2n) is 7.09. The number of ether oxygens (including phenoxy) is 2. The van der Waals surface area contributed by atoms with Gasteiger partial charge in [-0.25, -0.2) is 0 Å². The van der Waals surface area contributed by atoms with Crippen LogP contribution >= 0.6 is 0 Å². The molecule has 1 aromatic rings. The van der Waals surface area contributed by atoms with Gasteiger partial charge in [-0.05, 0) is 45.6 Å². The van der Waals surface area contributed by atoms with Crippen LogP contribution in [-0.2, 0) is 14.3 Å². The number of aliphatic hydroxyl groups excluding tert-OH is 1. The van der Waals surface area contributed by atoms with Crippen molar-refractivity contribution in [3.05, 3.63) is 53.5 Å². The quantitative estimate of drug-likeness (QED) is 0.410. The number of hydrogen-bond acceptors (Lipinski definition) is 5. The molecule has 1 aromatic heterocycles. The Kier molecular flexibility index (Phi) is 6.12. The molecule has 5 nitrogen and oxygen atoms in total. The summed E-state index contributed by atoms with van der Waals surface area (Å²) in [6.07, 6.45) is 13.5. The van der Waals surface area contributed by atoms with Gasteiger partial charge < -0.3 is 19.0 Å². The summed E-state index contributed by atoms with van der Waals surface area (Å²) in [5.74, 6) is -0.266. The van der Waals surface area contributed by atoms with Crippen LogP contribution in [0.15, 0.2) is 52.4 Å². The smallest absolute Gasteiger partial charge is 0.314 e. The highest BCUT2D eigenvalue weighted by molar-refractivity contribution is 5.76. The molecule has 0 aliphatic carbocycles. The molecule has 0 aromatic carbocycles. The maximum Gasteiger partial charge on any atom is 0.314 e. The molecule has 2 aliphatic heterocycles. The highest BCUT2D eigenvalue weighted by Crippen LogP contribution is 2.40. The van der Waals surface area contributed by atoms with Crippen molar-refractivity contribution in [1.82, 2.24) is 0 Å². The molecule has 2 aliphatic rings. The number of carbonyl (C=O) groups excluding carboxylic acids is 1. The second kappa shape index (κ2) is 8.52. The molecule has 1 unspecified atom stereocenters. The molecule has 0 bridgehead atoms. The SMILES string of the molecule is C/C(=C\C(O)C/C(C)=C/CC[C@@H]1C(=O)O[C@H]2O[C@H]21)C/C=C/c1ccoc1. The monoisotopic (exact) mass is 358 g/mol. The van der Waals surface area contributed by atoms with E-state index in [4.69, 9.17) is 13.9 Å². The lowest BCUT2D eigenvalue weighted by Gasteiger charge is -2.09. The fraction of sp³-hybridized carbons (Fsp3) is 0.476. The third kappa shape index (κ3) is 5.19. The molecule has 140 valence electrons. The average Bonchev–Trinajstić information content (AvgIpc) is 3.00. The number of aliphatic hydroxyl groups is 1. The Hall–Kier alpha value is -2.11. The summed E-state index contributed by atoms with van der Waals surface area (Å²) in [5.41, 5.74) is 3.27. The van der Waals surface area contributed by atoms with Crippen LogP contribution in [0.5, 0.6) is 0 Å². The summed E-state index contributed by atoms with van der Waals surface area (Å²) in [5, 5.41) is 10.2. The fourth-order valence-corrected chi connectivity index (χ4v) is 3.24. The second-order valence-corrected chi connectivity index (χ2v) is 7.09. The van der Waals surface area contributed by atoms with Crippen molar-refractivity contribution in [3.63, 3.8) is 0 Å². The van der Waals surface area contributed by atoms with Crippen LogP contribution in [-0.4, -0.2) is 29.6 Å². The highest BCUT2D eigenvalue weighted by Gasteiger charge is 2.57. The number of esters is 1. The van der Waals surface area contributed by atoms with E-state index < -0.39 is 6.10 Å². The average molecular weight is 358 g/mol. The zero-order valence-electron chi connectivity index (χ0n) is 15.3. The topological polar surface area (TPSA) is 72.2 Å². The minimum absolute atomic E-state index is 0.0255. The van der Waals surface area contributed by atoms with Crippen LogP contribution in [0.25, 0.3) is 6.08 Å². The molecular formula is C21H26O5. The molecule has 3 rings (SSSR count). The number of furan rings is 1. The molecule has 1 N–H and O–H groups in total. The predicted octanol–water partition coefficient (Wildman–Crippen LogP) is 4.00. The normalized spacial score (nSPS) is 26.9. The molecule has 4 atom stereocenters. The van der Waals surface area contributed by atoms with E-state index in [0.29, 0.717) is 6.42 Å². The number of fused-ring (bicyclic) bond motifs is 1. The number of rotatable bonds is 9. The Morgan fingerprint density at radius 2 is 2.19 bits per heavy atom. The van der Waals surface area contributed by atoms with Gasteiger partial charge in [0.1, 0.15) is 6.10 Å². The zero-order chi connectivity index (χ0) is 18.5. The van der Waals surface area contributed by atoms with E-state index in [9.17, 15) is 9.90 Å². The summed E-state index contributed by atoms with van der Waals surface area (Å²) in [7, 11) is 0. The third-order valence-corrected chi connectivity index (χ3v) is 4.69. The maximum atomic E-state index is 11.6. The van der Waals surface area contributed by atoms with Crippen molar-refractivity contribution in [2.24, 2.45) is 5.92 Å². The van der Waals surface area contributed by atoms with Gasteiger partial charge in [-0.3, -0.25) is 4.79 Å². The maximum absolute atomic E-state index is 11.6. The third-order valence-electron chi connectivity index (χ3n) is 4.69. The Morgan fingerprint density at radius 3 is 2.88 bits per heavy atom. The van der Waals surface area contributed by atoms with Gasteiger partial charge in [0, 0.05) is 5.56 Å². The van der Waals surface area contributed by atoms with Crippen molar-refractivity contribution in [3.8, 4) is 0 Å². The van der Waals surface area contributed by atoms with Crippen LogP contribution in [0.3, 0.4) is 0 Å². The first-order valence-corrected chi connectivity index (χ1v) is 9.08. The fourth-order valence-electron chi connectivity index (χ4n) is 3.24. The molecule has 2 fully saturated rings. The molecular weight excluding hydrogens is 332 g/mol. The summed E-state index contributed by atoms with van der Waals surface area (Å²) in [4.78, 5) is 11.6. The summed E-state index contributed by atoms with van der Waals surface area (Å²) >= 11 is 0. The Bertz CT molecular complexity index is 698. The highest BCUT2D eigenvalue weighted by atomic mass is 16.8. The van der Waals surface area contributed by atoms with Crippen molar-refractivity contribution < 1.29 is 23.8 Å². The van der Waals surface area contributed by atoms with Crippen molar-refractivity contribution in [2.75, 3.05) is 0 Å². The Balaban J connectivity index is 1.38. The number of carbonyl (C=O) groups is 1. The molecule has 3 heterocycles. The van der Waals surface area contributed by atoms with Crippen molar-refractivity contribution in [1.29, 1.82) is 0 Å². The first-order chi connectivity index (χ1) is 12.5. The van der Waals surface area contributed by atoms with Gasteiger partial charge in [0.05, 0.1) is 24.5 Å². The van der Waals surface area contributed by atoms with Gasteiger partial charge in [-0.1, -0.05) is 35.5 Å². The summed E-state index contributed by atoms with van der Waals surface area (Å²) < 4.78 is 15.3. The van der Waals surface area contributed by atoms with Crippen LogP contribution in [0.4, 0.5) is 0 Å². The number of epoxide rings is 1. The molecule has 26 heavy (non-hydrogen) atoms. The zero-order valence-corrected chi connectivity index (χ0v) is 15.3. The minimum Gasteiger partial charge on any atom is -0.472 e. The lowest BCUT2D eigenvalue weighted by molar-refractivity contribution is -0.151. The van der Waals surface area contributed by atoms with Gasteiger partial charge >= 0.3 is 5.97 Å². The molecule has 2 saturated heterocycles. The Morgan fingerprint density at radius 1 is 1.35 bits per heavy atom. The van der Waals surface area contributed by atoms with Crippen molar-refractivity contribution >= 4 is 12.0 Å². The lowest BCUT2D eigenvalue weighted by Crippen LogP contribution is -2.15. The molecule has 0 saturated carbocycles. The van der Waals surface area contributed by atoms with E-state index in [1.807, 2.05) is 32.1 Å². The predicted molar refractivity (Wildman–Crippen MR) is 98.0 cm³/mol. The van der Waals surface area contributed by atoms with Gasteiger partial charge in [0.2, 0.25) is 6.29 Å². The number of allylic oxidation sites excluding steroid dienone is 3. The molecule has 0 spiro atoms. The standard InChI is InChI=1S/C21H26O5/c1-14(5-3-7-16-9-10-24-13-16)11-17(22)12-15(2)6-4-8-18-19-21(25-19)26-20(18)23/h3,6-7,9-11,13,17-19,21-22H,4-5,8,12H2,1-2H3/b7-3+,14-11+,15-6+/t17?,18-,19-,21+/m0/s1. The first kappa shape index (κ1) is 18.7. The van der Waals surface area contributed by atoms with Crippen LogP contribution < -0.4 is 0 Å². The van der Waals surface area contributed by atoms with Crippen LogP contribution in [0.2, 0.25) is 0 Å². The first-order valence-electron chi connectivity index (χ1n) is 9.08.